The second-order valence-corrected chi connectivity index (χ2v) is 12.5. The molecule has 2 aromatic heterocycles. The number of fused-ring (bicyclic) bond motifs is 1. The second-order valence-electron chi connectivity index (χ2n) is 10.9. The van der Waals surface area contributed by atoms with Gasteiger partial charge in [-0.25, -0.2) is 8.42 Å². The van der Waals surface area contributed by atoms with Gasteiger partial charge in [0.2, 0.25) is 0 Å². The van der Waals surface area contributed by atoms with Crippen molar-refractivity contribution in [1.29, 1.82) is 0 Å². The van der Waals surface area contributed by atoms with Gasteiger partial charge in [0.1, 0.15) is 29.2 Å². The summed E-state index contributed by atoms with van der Waals surface area (Å²) in [5.41, 5.74) is 2.20. The fraction of sp³-hybridized carbons (Fsp3) is 0.429. The van der Waals surface area contributed by atoms with E-state index in [0.29, 0.717) is 52.9 Å². The van der Waals surface area contributed by atoms with Crippen molar-refractivity contribution in [3.63, 3.8) is 0 Å². The summed E-state index contributed by atoms with van der Waals surface area (Å²) < 4.78 is 63.9. The molecule has 0 spiro atoms. The highest BCUT2D eigenvalue weighted by atomic mass is 32.2. The Morgan fingerprint density at radius 1 is 1.00 bits per heavy atom. The number of anilines is 3. The maximum absolute atomic E-state index is 13.7. The molecule has 1 aliphatic heterocycles. The van der Waals surface area contributed by atoms with Crippen LogP contribution in [0.3, 0.4) is 0 Å². The SMILES string of the molecule is COc1cc2c(NS(=O)(=O)c3c(OC)cc(C4COC(C)(C)CO4)cc3OC)noc2cc1Nc1cc(C2CC2)n[nH]1. The number of methoxy groups -OCH3 is 3. The molecule has 224 valence electrons. The molecule has 1 unspecified atom stereocenters. The minimum atomic E-state index is -4.27. The number of nitrogens with one attached hydrogen (secondary N) is 3. The molecule has 6 rings (SSSR count). The predicted octanol–water partition coefficient (Wildman–Crippen LogP) is 4.87. The number of ether oxygens (including phenoxy) is 5. The normalized spacial score (nSPS) is 18.5. The fourth-order valence-corrected chi connectivity index (χ4v) is 6.17. The third kappa shape index (κ3) is 5.44. The number of hydrogen-bond donors (Lipinski definition) is 3. The monoisotopic (exact) mass is 599 g/mol. The molecule has 13 nitrogen and oxygen atoms in total. The quantitative estimate of drug-likeness (QED) is 0.228. The number of nitrogens with zero attached hydrogens (tertiary/aromatic N) is 2. The third-order valence-corrected chi connectivity index (χ3v) is 8.67. The van der Waals surface area contributed by atoms with Crippen LogP contribution in [-0.4, -0.2) is 63.9 Å². The zero-order chi connectivity index (χ0) is 29.6. The van der Waals surface area contributed by atoms with Gasteiger partial charge in [-0.3, -0.25) is 9.82 Å². The molecular formula is C28H33N5O8S. The van der Waals surface area contributed by atoms with E-state index in [2.05, 4.69) is 25.4 Å². The topological polar surface area (TPSA) is 159 Å². The Morgan fingerprint density at radius 3 is 2.33 bits per heavy atom. The van der Waals surface area contributed by atoms with Crippen LogP contribution in [0, 0.1) is 0 Å². The Kier molecular flexibility index (Phi) is 7.15. The van der Waals surface area contributed by atoms with Crippen molar-refractivity contribution >= 4 is 38.3 Å². The molecular weight excluding hydrogens is 566 g/mol. The van der Waals surface area contributed by atoms with Crippen molar-refractivity contribution in [2.45, 2.75) is 49.2 Å². The lowest BCUT2D eigenvalue weighted by Gasteiger charge is -2.35. The van der Waals surface area contributed by atoms with Crippen molar-refractivity contribution < 1.29 is 36.6 Å². The van der Waals surface area contributed by atoms with Gasteiger partial charge in [-0.1, -0.05) is 5.16 Å². The van der Waals surface area contributed by atoms with Crippen LogP contribution in [0.25, 0.3) is 11.0 Å². The lowest BCUT2D eigenvalue weighted by atomic mass is 10.1. The summed E-state index contributed by atoms with van der Waals surface area (Å²) in [6.07, 6.45) is 1.86. The highest BCUT2D eigenvalue weighted by molar-refractivity contribution is 7.93. The molecule has 0 amide bonds. The number of hydrogen-bond acceptors (Lipinski definition) is 11. The smallest absolute Gasteiger partial charge is 0.270 e. The van der Waals surface area contributed by atoms with Crippen LogP contribution in [-0.2, 0) is 19.5 Å². The fourth-order valence-electron chi connectivity index (χ4n) is 4.85. The van der Waals surface area contributed by atoms with E-state index in [1.165, 1.54) is 21.3 Å². The molecule has 2 aliphatic rings. The van der Waals surface area contributed by atoms with Crippen molar-refractivity contribution in [1.82, 2.24) is 15.4 Å². The molecule has 14 heteroatoms. The molecule has 0 radical (unpaired) electrons. The number of benzene rings is 2. The van der Waals surface area contributed by atoms with Crippen LogP contribution < -0.4 is 24.2 Å². The van der Waals surface area contributed by atoms with Crippen molar-refractivity contribution in [2.24, 2.45) is 0 Å². The standard InChI is InChI=1S/C28H33N5O8S/c1-28(2)14-39-24(13-40-28)16-8-22(37-4)26(23(9-16)38-5)42(34,35)33-27-17-10-21(36-3)19(11-20(17)41-32-27)29-25-12-18(30-31-25)15-6-7-15/h8-12,15,24H,6-7,13-14H2,1-5H3,(H,32,33)(H2,29,30,31). The Labute approximate surface area is 242 Å². The highest BCUT2D eigenvalue weighted by Gasteiger charge is 2.33. The van der Waals surface area contributed by atoms with Gasteiger partial charge in [-0.05, 0) is 50.5 Å². The molecule has 1 atom stereocenters. The molecule has 1 aliphatic carbocycles. The summed E-state index contributed by atoms with van der Waals surface area (Å²) in [5.74, 6) is 1.78. The van der Waals surface area contributed by atoms with E-state index < -0.39 is 21.7 Å². The Morgan fingerprint density at radius 2 is 1.71 bits per heavy atom. The van der Waals surface area contributed by atoms with Crippen LogP contribution in [0.4, 0.5) is 17.3 Å². The van der Waals surface area contributed by atoms with E-state index in [0.717, 1.165) is 18.5 Å². The number of aromatic nitrogens is 3. The van der Waals surface area contributed by atoms with Gasteiger partial charge in [0, 0.05) is 18.1 Å². The number of H-pyrrole nitrogens is 1. The Balaban J connectivity index is 1.29. The van der Waals surface area contributed by atoms with Gasteiger partial charge in [0.25, 0.3) is 10.0 Å². The largest absolute Gasteiger partial charge is 0.495 e. The molecule has 3 N–H and O–H groups in total. The first-order chi connectivity index (χ1) is 20.1. The molecule has 42 heavy (non-hydrogen) atoms. The van der Waals surface area contributed by atoms with Gasteiger partial charge >= 0.3 is 0 Å². The van der Waals surface area contributed by atoms with E-state index in [1.807, 2.05) is 19.9 Å². The number of aromatic amines is 1. The van der Waals surface area contributed by atoms with E-state index in [1.54, 1.807) is 24.3 Å². The van der Waals surface area contributed by atoms with Crippen molar-refractivity contribution in [3.8, 4) is 17.2 Å². The van der Waals surface area contributed by atoms with Crippen LogP contribution in [0.15, 0.2) is 39.8 Å². The summed E-state index contributed by atoms with van der Waals surface area (Å²) in [6, 6.07) is 8.50. The maximum atomic E-state index is 13.7. The predicted molar refractivity (Wildman–Crippen MR) is 153 cm³/mol. The van der Waals surface area contributed by atoms with Crippen LogP contribution in [0.2, 0.25) is 0 Å². The van der Waals surface area contributed by atoms with Gasteiger partial charge in [-0.15, -0.1) is 0 Å². The van der Waals surface area contributed by atoms with Gasteiger partial charge < -0.3 is 33.5 Å². The van der Waals surface area contributed by atoms with E-state index in [9.17, 15) is 8.42 Å². The minimum absolute atomic E-state index is 0.0214. The second kappa shape index (κ2) is 10.7. The molecule has 2 fully saturated rings. The van der Waals surface area contributed by atoms with Crippen molar-refractivity contribution in [3.05, 3.63) is 41.6 Å². The molecule has 4 aromatic rings. The summed E-state index contributed by atoms with van der Waals surface area (Å²) in [4.78, 5) is -0.194. The zero-order valence-corrected chi connectivity index (χ0v) is 24.8. The number of rotatable bonds is 10. The molecule has 2 aromatic carbocycles. The van der Waals surface area contributed by atoms with Gasteiger partial charge in [0.15, 0.2) is 16.3 Å². The first-order valence-electron chi connectivity index (χ1n) is 13.4. The van der Waals surface area contributed by atoms with Crippen LogP contribution in [0.1, 0.15) is 50.0 Å². The third-order valence-electron chi connectivity index (χ3n) is 7.27. The lowest BCUT2D eigenvalue weighted by Crippen LogP contribution is -2.38. The first kappa shape index (κ1) is 28.1. The summed E-state index contributed by atoms with van der Waals surface area (Å²) in [7, 11) is 0.0232. The number of sulfonamides is 1. The van der Waals surface area contributed by atoms with Gasteiger partial charge in [0.05, 0.1) is 56.9 Å². The molecule has 3 heterocycles. The lowest BCUT2D eigenvalue weighted by molar-refractivity contribution is -0.176. The molecule has 1 saturated carbocycles. The van der Waals surface area contributed by atoms with E-state index in [-0.39, 0.29) is 22.2 Å². The van der Waals surface area contributed by atoms with E-state index in [4.69, 9.17) is 28.2 Å². The Bertz CT molecular complexity index is 1690. The first-order valence-corrected chi connectivity index (χ1v) is 14.9. The van der Waals surface area contributed by atoms with Gasteiger partial charge in [-0.2, -0.15) is 5.10 Å². The van der Waals surface area contributed by atoms with Crippen molar-refractivity contribution in [2.75, 3.05) is 44.6 Å². The average molecular weight is 600 g/mol. The molecule has 1 saturated heterocycles. The average Bonchev–Trinajstić information content (AvgIpc) is 3.61. The van der Waals surface area contributed by atoms with E-state index >= 15 is 0 Å². The zero-order valence-electron chi connectivity index (χ0n) is 23.9. The summed E-state index contributed by atoms with van der Waals surface area (Å²) in [5, 5.41) is 15.0. The minimum Gasteiger partial charge on any atom is -0.495 e. The molecule has 0 bridgehead atoms. The van der Waals surface area contributed by atoms with Crippen LogP contribution in [0.5, 0.6) is 17.2 Å². The highest BCUT2D eigenvalue weighted by Crippen LogP contribution is 2.42. The Hall–Kier alpha value is -4.01. The summed E-state index contributed by atoms with van der Waals surface area (Å²) >= 11 is 0. The maximum Gasteiger partial charge on any atom is 0.270 e. The van der Waals surface area contributed by atoms with Crippen LogP contribution >= 0.6 is 0 Å². The summed E-state index contributed by atoms with van der Waals surface area (Å²) in [6.45, 7) is 4.56.